The van der Waals surface area contributed by atoms with E-state index >= 15 is 0 Å². The Balaban J connectivity index is 2.23. The Hall–Kier alpha value is -3.01. The van der Waals surface area contributed by atoms with Crippen molar-refractivity contribution in [1.82, 2.24) is 5.32 Å². The van der Waals surface area contributed by atoms with E-state index in [9.17, 15) is 27.7 Å². The number of hydrogen-bond donors (Lipinski definition) is 1. The minimum absolute atomic E-state index is 0.0103. The Kier molecular flexibility index (Phi) is 6.11. The number of nitrogens with zero attached hydrogens (tertiary/aromatic N) is 2. The summed E-state index contributed by atoms with van der Waals surface area (Å²) < 4.78 is 38.1. The van der Waals surface area contributed by atoms with E-state index in [1.807, 2.05) is 0 Å². The molecule has 0 heterocycles. The number of anilines is 1. The van der Waals surface area contributed by atoms with Crippen molar-refractivity contribution in [1.29, 1.82) is 0 Å². The van der Waals surface area contributed by atoms with Crippen LogP contribution in [0.15, 0.2) is 48.5 Å². The summed E-state index contributed by atoms with van der Waals surface area (Å²) in [5.74, 6) is -1.01. The van der Waals surface area contributed by atoms with Crippen LogP contribution in [-0.2, 0) is 21.4 Å². The molecule has 0 aromatic heterocycles. The van der Waals surface area contributed by atoms with Crippen LogP contribution in [0.4, 0.5) is 15.8 Å². The second-order valence-corrected chi connectivity index (χ2v) is 7.72. The third kappa shape index (κ3) is 5.23. The van der Waals surface area contributed by atoms with E-state index in [2.05, 4.69) is 5.32 Å². The predicted octanol–water partition coefficient (Wildman–Crippen LogP) is 2.20. The molecule has 27 heavy (non-hydrogen) atoms. The average molecular weight is 395 g/mol. The highest BCUT2D eigenvalue weighted by Gasteiger charge is 2.29. The van der Waals surface area contributed by atoms with Crippen LogP contribution in [0.1, 0.15) is 12.5 Å². The van der Waals surface area contributed by atoms with Crippen LogP contribution in [0.3, 0.4) is 0 Å². The quantitative estimate of drug-likeness (QED) is 0.571. The number of non-ortho nitro benzene ring substituents is 1. The van der Waals surface area contributed by atoms with Gasteiger partial charge in [-0.3, -0.25) is 19.2 Å². The fraction of sp³-hybridized carbons (Fsp3) is 0.235. The summed E-state index contributed by atoms with van der Waals surface area (Å²) in [4.78, 5) is 22.7. The number of carbonyl (C=O) groups is 1. The van der Waals surface area contributed by atoms with Crippen LogP contribution in [0.5, 0.6) is 0 Å². The fourth-order valence-electron chi connectivity index (χ4n) is 2.49. The lowest BCUT2D eigenvalue weighted by Gasteiger charge is -2.28. The zero-order chi connectivity index (χ0) is 20.2. The normalized spacial score (nSPS) is 12.3. The van der Waals surface area contributed by atoms with Crippen molar-refractivity contribution in [3.05, 3.63) is 70.0 Å². The maximum Gasteiger partial charge on any atom is 0.271 e. The highest BCUT2D eigenvalue weighted by molar-refractivity contribution is 7.92. The number of amides is 1. The van der Waals surface area contributed by atoms with E-state index in [0.717, 1.165) is 16.6 Å². The molecule has 0 saturated carbocycles. The Morgan fingerprint density at radius 1 is 1.26 bits per heavy atom. The summed E-state index contributed by atoms with van der Waals surface area (Å²) in [6.45, 7) is 1.45. The highest BCUT2D eigenvalue weighted by Crippen LogP contribution is 2.25. The van der Waals surface area contributed by atoms with E-state index in [1.165, 1.54) is 49.4 Å². The summed E-state index contributed by atoms with van der Waals surface area (Å²) in [6, 6.07) is 9.36. The Labute approximate surface area is 155 Å². The molecule has 10 heteroatoms. The third-order valence-corrected chi connectivity index (χ3v) is 5.01. The van der Waals surface area contributed by atoms with Gasteiger partial charge in [-0.1, -0.05) is 18.2 Å². The molecular weight excluding hydrogens is 377 g/mol. The molecule has 8 nitrogen and oxygen atoms in total. The van der Waals surface area contributed by atoms with Crippen LogP contribution in [-0.4, -0.2) is 31.5 Å². The molecule has 0 radical (unpaired) electrons. The predicted molar refractivity (Wildman–Crippen MR) is 98.1 cm³/mol. The third-order valence-electron chi connectivity index (χ3n) is 3.76. The average Bonchev–Trinajstić information content (AvgIpc) is 2.60. The highest BCUT2D eigenvalue weighted by atomic mass is 32.2. The van der Waals surface area contributed by atoms with Gasteiger partial charge in [0.2, 0.25) is 15.9 Å². The molecule has 0 fully saturated rings. The van der Waals surface area contributed by atoms with Crippen molar-refractivity contribution in [2.75, 3.05) is 10.6 Å². The summed E-state index contributed by atoms with van der Waals surface area (Å²) in [7, 11) is -3.89. The molecule has 0 aliphatic heterocycles. The van der Waals surface area contributed by atoms with Gasteiger partial charge < -0.3 is 5.32 Å². The number of nitrogens with one attached hydrogen (secondary N) is 1. The summed E-state index contributed by atoms with van der Waals surface area (Å²) in [5.41, 5.74) is 0.356. The van der Waals surface area contributed by atoms with Crippen LogP contribution in [0, 0.1) is 15.9 Å². The first-order chi connectivity index (χ1) is 12.6. The van der Waals surface area contributed by atoms with Crippen molar-refractivity contribution < 1.29 is 22.5 Å². The molecule has 1 unspecified atom stereocenters. The summed E-state index contributed by atoms with van der Waals surface area (Å²) in [6.07, 6.45) is 0.912. The Morgan fingerprint density at radius 3 is 2.44 bits per heavy atom. The van der Waals surface area contributed by atoms with Gasteiger partial charge in [-0.2, -0.15) is 0 Å². The van der Waals surface area contributed by atoms with Gasteiger partial charge in [0.25, 0.3) is 5.69 Å². The van der Waals surface area contributed by atoms with Crippen molar-refractivity contribution in [2.45, 2.75) is 19.5 Å². The molecule has 0 saturated heterocycles. The number of nitro benzene ring substituents is 1. The van der Waals surface area contributed by atoms with E-state index in [-0.39, 0.29) is 17.9 Å². The summed E-state index contributed by atoms with van der Waals surface area (Å²) >= 11 is 0. The molecule has 2 aromatic rings. The van der Waals surface area contributed by atoms with Gasteiger partial charge in [-0.05, 0) is 30.7 Å². The van der Waals surface area contributed by atoms with Crippen LogP contribution >= 0.6 is 0 Å². The van der Waals surface area contributed by atoms with Gasteiger partial charge in [-0.25, -0.2) is 12.8 Å². The van der Waals surface area contributed by atoms with Gasteiger partial charge in [-0.15, -0.1) is 0 Å². The number of hydrogen-bond acceptors (Lipinski definition) is 5. The number of nitro groups is 1. The Morgan fingerprint density at radius 2 is 1.89 bits per heavy atom. The summed E-state index contributed by atoms with van der Waals surface area (Å²) in [5, 5.41) is 13.5. The number of benzene rings is 2. The van der Waals surface area contributed by atoms with E-state index in [1.54, 1.807) is 0 Å². The van der Waals surface area contributed by atoms with Gasteiger partial charge in [0.1, 0.15) is 11.9 Å². The molecule has 0 bridgehead atoms. The van der Waals surface area contributed by atoms with Crippen LogP contribution in [0.2, 0.25) is 0 Å². The van der Waals surface area contributed by atoms with Gasteiger partial charge in [0.15, 0.2) is 0 Å². The number of halogens is 1. The van der Waals surface area contributed by atoms with Crippen molar-refractivity contribution in [3.63, 3.8) is 0 Å². The second kappa shape index (κ2) is 8.12. The van der Waals surface area contributed by atoms with E-state index in [4.69, 9.17) is 0 Å². The van der Waals surface area contributed by atoms with Gasteiger partial charge in [0, 0.05) is 18.7 Å². The molecule has 0 aliphatic rings. The topological polar surface area (TPSA) is 110 Å². The molecule has 2 aromatic carbocycles. The molecule has 0 spiro atoms. The number of rotatable bonds is 7. The first-order valence-electron chi connectivity index (χ1n) is 7.85. The smallest absolute Gasteiger partial charge is 0.271 e. The maximum absolute atomic E-state index is 12.9. The van der Waals surface area contributed by atoms with E-state index in [0.29, 0.717) is 5.56 Å². The van der Waals surface area contributed by atoms with E-state index < -0.39 is 32.7 Å². The standard InChI is InChI=1S/C17H18FN3O5S/c1-12(17(22)19-11-13-6-8-14(18)9-7-13)20(27(2,25)26)15-4-3-5-16(10-15)21(23)24/h3-10,12H,11H2,1-2H3,(H,19,22). The molecule has 1 N–H and O–H groups in total. The zero-order valence-electron chi connectivity index (χ0n) is 14.6. The minimum atomic E-state index is -3.89. The molecule has 1 amide bonds. The largest absolute Gasteiger partial charge is 0.350 e. The SMILES string of the molecule is CC(C(=O)NCc1ccc(F)cc1)N(c1cccc([N+](=O)[O-])c1)S(C)(=O)=O. The van der Waals surface area contributed by atoms with Crippen molar-refractivity contribution >= 4 is 27.3 Å². The van der Waals surface area contributed by atoms with Gasteiger partial charge in [0.05, 0.1) is 16.9 Å². The van der Waals surface area contributed by atoms with Crippen molar-refractivity contribution in [2.24, 2.45) is 0 Å². The first kappa shape index (κ1) is 20.3. The maximum atomic E-state index is 12.9. The van der Waals surface area contributed by atoms with Crippen molar-refractivity contribution in [3.8, 4) is 0 Å². The lowest BCUT2D eigenvalue weighted by Crippen LogP contribution is -2.47. The van der Waals surface area contributed by atoms with Crippen LogP contribution in [0.25, 0.3) is 0 Å². The molecule has 1 atom stereocenters. The van der Waals surface area contributed by atoms with Gasteiger partial charge >= 0.3 is 0 Å². The zero-order valence-corrected chi connectivity index (χ0v) is 15.4. The fourth-order valence-corrected chi connectivity index (χ4v) is 3.66. The molecular formula is C17H18FN3O5S. The lowest BCUT2D eigenvalue weighted by atomic mass is 10.2. The number of carbonyl (C=O) groups excluding carboxylic acids is 1. The minimum Gasteiger partial charge on any atom is -0.350 e. The Bertz CT molecular complexity index is 947. The molecule has 2 rings (SSSR count). The first-order valence-corrected chi connectivity index (χ1v) is 9.70. The monoisotopic (exact) mass is 395 g/mol. The molecule has 144 valence electrons. The van der Waals surface area contributed by atoms with Crippen LogP contribution < -0.4 is 9.62 Å². The lowest BCUT2D eigenvalue weighted by molar-refractivity contribution is -0.384. The number of sulfonamides is 1. The second-order valence-electron chi connectivity index (χ2n) is 5.86. The molecule has 0 aliphatic carbocycles.